The van der Waals surface area contributed by atoms with Gasteiger partial charge in [-0.25, -0.2) is 14.6 Å². The van der Waals surface area contributed by atoms with E-state index in [1.807, 2.05) is 0 Å². The largest absolute Gasteiger partial charge is 0.479 e. The zero-order valence-electron chi connectivity index (χ0n) is 13.7. The number of aromatic nitrogens is 1. The van der Waals surface area contributed by atoms with Crippen LogP contribution in [0.2, 0.25) is 0 Å². The summed E-state index contributed by atoms with van der Waals surface area (Å²) in [5.41, 5.74) is 6.93. The van der Waals surface area contributed by atoms with Gasteiger partial charge in [-0.05, 0) is 32.2 Å². The number of hydrogen-bond acceptors (Lipinski definition) is 8. The van der Waals surface area contributed by atoms with E-state index in [0.717, 1.165) is 24.5 Å². The lowest BCUT2D eigenvalue weighted by molar-refractivity contribution is -0.165. The minimum Gasteiger partial charge on any atom is -0.479 e. The molecule has 0 spiro atoms. The number of aliphatic hydroxyl groups excluding tert-OH is 2. The van der Waals surface area contributed by atoms with E-state index in [1.54, 1.807) is 11.3 Å². The number of carbonyl (C=O) groups is 2. The van der Waals surface area contributed by atoms with E-state index in [9.17, 15) is 9.59 Å². The van der Waals surface area contributed by atoms with Gasteiger partial charge in [-0.15, -0.1) is 28.3 Å². The van der Waals surface area contributed by atoms with Gasteiger partial charge in [0.25, 0.3) is 0 Å². The van der Waals surface area contributed by atoms with Crippen molar-refractivity contribution in [3.8, 4) is 0 Å². The molecule has 9 nitrogen and oxygen atoms in total. The summed E-state index contributed by atoms with van der Waals surface area (Å²) in [6.07, 6.45) is 0.0777. The normalized spacial score (nSPS) is 18.0. The highest BCUT2D eigenvalue weighted by Gasteiger charge is 2.29. The zero-order chi connectivity index (χ0) is 18.3. The van der Waals surface area contributed by atoms with E-state index in [4.69, 9.17) is 26.2 Å². The number of aliphatic carboxylic acids is 2. The van der Waals surface area contributed by atoms with Crippen molar-refractivity contribution >= 4 is 45.4 Å². The van der Waals surface area contributed by atoms with E-state index in [2.05, 4.69) is 17.2 Å². The monoisotopic (exact) mass is 441 g/mol. The van der Waals surface area contributed by atoms with E-state index >= 15 is 0 Å². The van der Waals surface area contributed by atoms with Crippen molar-refractivity contribution < 1.29 is 30.0 Å². The Bertz CT molecular complexity index is 553. The maximum Gasteiger partial charge on any atom is 0.335 e. The van der Waals surface area contributed by atoms with Crippen LogP contribution in [0.25, 0.3) is 0 Å². The van der Waals surface area contributed by atoms with Gasteiger partial charge in [-0.1, -0.05) is 6.92 Å². The van der Waals surface area contributed by atoms with Crippen molar-refractivity contribution in [2.45, 2.75) is 50.9 Å². The van der Waals surface area contributed by atoms with Crippen LogP contribution >= 0.6 is 28.3 Å². The minimum atomic E-state index is -2.27. The second-order valence-corrected chi connectivity index (χ2v) is 6.50. The Morgan fingerprint density at radius 1 is 1.32 bits per heavy atom. The summed E-state index contributed by atoms with van der Waals surface area (Å²) in [6, 6.07) is 0.641. The molecule has 0 saturated heterocycles. The van der Waals surface area contributed by atoms with Gasteiger partial charge in [0.1, 0.15) is 0 Å². The van der Waals surface area contributed by atoms with Gasteiger partial charge in [0.05, 0.1) is 5.69 Å². The second-order valence-electron chi connectivity index (χ2n) is 5.38. The minimum absolute atomic E-state index is 0. The number of carboxylic acids is 2. The SMILES string of the molecule is Br.CCCNC1CCc2nc(N)sc2C1.O=C(O)C(O)C(O)C(=O)O. The van der Waals surface area contributed by atoms with E-state index < -0.39 is 24.1 Å². The van der Waals surface area contributed by atoms with Crippen LogP contribution in [0.4, 0.5) is 5.13 Å². The third-order valence-corrected chi connectivity index (χ3v) is 4.39. The number of hydrogen-bond donors (Lipinski definition) is 6. The van der Waals surface area contributed by atoms with Crippen molar-refractivity contribution in [2.75, 3.05) is 12.3 Å². The summed E-state index contributed by atoms with van der Waals surface area (Å²) in [5, 5.41) is 36.8. The Morgan fingerprint density at radius 2 is 1.88 bits per heavy atom. The average molecular weight is 442 g/mol. The number of halogens is 1. The summed E-state index contributed by atoms with van der Waals surface area (Å²) < 4.78 is 0. The summed E-state index contributed by atoms with van der Waals surface area (Å²) in [4.78, 5) is 25.3. The third-order valence-electron chi connectivity index (χ3n) is 3.44. The molecule has 11 heteroatoms. The fraction of sp³-hybridized carbons (Fsp3) is 0.643. The van der Waals surface area contributed by atoms with Crippen molar-refractivity contribution in [3.05, 3.63) is 10.6 Å². The first-order valence-electron chi connectivity index (χ1n) is 7.55. The molecule has 1 aliphatic rings. The molecule has 3 unspecified atom stereocenters. The van der Waals surface area contributed by atoms with Crippen LogP contribution in [-0.2, 0) is 22.4 Å². The number of aryl methyl sites for hydroxylation is 1. The third kappa shape index (κ3) is 7.65. The van der Waals surface area contributed by atoms with E-state index in [0.29, 0.717) is 6.04 Å². The zero-order valence-corrected chi connectivity index (χ0v) is 16.2. The summed E-state index contributed by atoms with van der Waals surface area (Å²) in [7, 11) is 0. The van der Waals surface area contributed by atoms with Gasteiger partial charge >= 0.3 is 11.9 Å². The molecule has 1 aliphatic carbocycles. The number of carboxylic acid groups (broad SMARTS) is 2. The molecule has 0 aromatic carbocycles. The summed E-state index contributed by atoms with van der Waals surface area (Å²) in [5.74, 6) is -3.54. The Labute approximate surface area is 159 Å². The molecule has 25 heavy (non-hydrogen) atoms. The molecule has 0 aliphatic heterocycles. The van der Waals surface area contributed by atoms with Gasteiger partial charge in [-0.2, -0.15) is 0 Å². The van der Waals surface area contributed by atoms with Gasteiger partial charge in [0.2, 0.25) is 0 Å². The molecule has 0 bridgehead atoms. The highest BCUT2D eigenvalue weighted by molar-refractivity contribution is 8.93. The molecule has 0 radical (unpaired) electrons. The van der Waals surface area contributed by atoms with Crippen LogP contribution < -0.4 is 11.1 Å². The number of fused-ring (bicyclic) bond motifs is 1. The van der Waals surface area contributed by atoms with Gasteiger partial charge < -0.3 is 31.5 Å². The van der Waals surface area contributed by atoms with Crippen molar-refractivity contribution in [1.82, 2.24) is 10.3 Å². The summed E-state index contributed by atoms with van der Waals surface area (Å²) in [6.45, 7) is 3.32. The maximum atomic E-state index is 9.77. The fourth-order valence-electron chi connectivity index (χ4n) is 2.19. The number of aliphatic hydroxyl groups is 2. The highest BCUT2D eigenvalue weighted by atomic mass is 79.9. The van der Waals surface area contributed by atoms with Gasteiger partial charge in [-0.3, -0.25) is 0 Å². The number of nitrogens with one attached hydrogen (secondary N) is 1. The molecule has 3 atom stereocenters. The van der Waals surface area contributed by atoms with Crippen LogP contribution in [0.5, 0.6) is 0 Å². The number of nitrogen functional groups attached to an aromatic ring is 1. The summed E-state index contributed by atoms with van der Waals surface area (Å²) >= 11 is 1.65. The van der Waals surface area contributed by atoms with E-state index in [1.165, 1.54) is 23.4 Å². The number of rotatable bonds is 6. The molecule has 1 aromatic rings. The average Bonchev–Trinajstić information content (AvgIpc) is 2.91. The first kappa shape index (κ1) is 23.7. The molecule has 0 saturated carbocycles. The lowest BCUT2D eigenvalue weighted by Crippen LogP contribution is -2.39. The second kappa shape index (κ2) is 11.4. The molecular weight excluding hydrogens is 418 g/mol. The molecule has 144 valence electrons. The van der Waals surface area contributed by atoms with Crippen molar-refractivity contribution in [1.29, 1.82) is 0 Å². The van der Waals surface area contributed by atoms with Crippen LogP contribution in [0.15, 0.2) is 0 Å². The Hall–Kier alpha value is -1.27. The standard InChI is InChI=1S/C10H17N3S.C4H6O6.BrH/c1-2-5-12-7-3-4-8-9(6-7)14-10(11)13-8;5-1(3(7)8)2(6)4(9)10;/h7,12H,2-6H2,1H3,(H2,11,13);1-2,5-6H,(H,7,8)(H,9,10);1H. The topological polar surface area (TPSA) is 166 Å². The number of thiazole rings is 1. The predicted molar refractivity (Wildman–Crippen MR) is 98.2 cm³/mol. The van der Waals surface area contributed by atoms with Gasteiger partial charge in [0, 0.05) is 10.9 Å². The quantitative estimate of drug-likeness (QED) is 0.357. The maximum absolute atomic E-state index is 9.77. The lowest BCUT2D eigenvalue weighted by atomic mass is 9.98. The fourth-order valence-corrected chi connectivity index (χ4v) is 3.15. The Balaban J connectivity index is 0.000000471. The van der Waals surface area contributed by atoms with E-state index in [-0.39, 0.29) is 17.0 Å². The first-order chi connectivity index (χ1) is 11.3. The van der Waals surface area contributed by atoms with Gasteiger partial charge in [0.15, 0.2) is 17.3 Å². The predicted octanol–water partition coefficient (Wildman–Crippen LogP) is 0.0375. The number of nitrogens with two attached hydrogens (primary N) is 1. The smallest absolute Gasteiger partial charge is 0.335 e. The molecule has 2 rings (SSSR count). The van der Waals surface area contributed by atoms with Crippen molar-refractivity contribution in [3.63, 3.8) is 0 Å². The highest BCUT2D eigenvalue weighted by Crippen LogP contribution is 2.27. The van der Waals surface area contributed by atoms with Crippen LogP contribution in [0, 0.1) is 0 Å². The molecule has 1 aromatic heterocycles. The molecule has 1 heterocycles. The van der Waals surface area contributed by atoms with Crippen LogP contribution in [-0.4, -0.2) is 62.1 Å². The molecule has 7 N–H and O–H groups in total. The van der Waals surface area contributed by atoms with Crippen LogP contribution in [0.3, 0.4) is 0 Å². The number of nitrogens with zero attached hydrogens (tertiary/aromatic N) is 1. The first-order valence-corrected chi connectivity index (χ1v) is 8.37. The molecule has 0 fully saturated rings. The molecular formula is C14H24BrN3O6S. The molecule has 0 amide bonds. The lowest BCUT2D eigenvalue weighted by Gasteiger charge is -2.21. The number of anilines is 1. The van der Waals surface area contributed by atoms with Crippen molar-refractivity contribution in [2.24, 2.45) is 0 Å². The van der Waals surface area contributed by atoms with Crippen LogP contribution in [0.1, 0.15) is 30.3 Å². The Morgan fingerprint density at radius 3 is 2.36 bits per heavy atom. The Kier molecular flexibility index (Phi) is 10.8.